The van der Waals surface area contributed by atoms with E-state index in [2.05, 4.69) is 51.3 Å². The highest BCUT2D eigenvalue weighted by Gasteiger charge is 2.37. The fraction of sp³-hybridized carbons (Fsp3) is 0.125. The fourth-order valence-corrected chi connectivity index (χ4v) is 6.11. The first kappa shape index (κ1) is 23.7. The summed E-state index contributed by atoms with van der Waals surface area (Å²) in [4.78, 5) is 26.6. The van der Waals surface area contributed by atoms with Crippen LogP contribution in [0.15, 0.2) is 58.9 Å². The number of ether oxygens (including phenoxy) is 1. The Hall–Kier alpha value is -2.43. The zero-order valence-corrected chi connectivity index (χ0v) is 22.5. The van der Waals surface area contributed by atoms with Gasteiger partial charge >= 0.3 is 5.97 Å². The predicted molar refractivity (Wildman–Crippen MR) is 146 cm³/mol. The molecule has 0 saturated carbocycles. The molecule has 0 radical (unpaired) electrons. The number of benzene rings is 2. The maximum Gasteiger partial charge on any atom is 0.338 e. The molecule has 6 nitrogen and oxygen atoms in total. The van der Waals surface area contributed by atoms with Crippen molar-refractivity contribution >= 4 is 80.0 Å². The van der Waals surface area contributed by atoms with Crippen molar-refractivity contribution in [2.45, 2.75) is 12.8 Å². The van der Waals surface area contributed by atoms with E-state index in [4.69, 9.17) is 10.5 Å². The summed E-state index contributed by atoms with van der Waals surface area (Å²) in [5.74, 6) is -1.27. The van der Waals surface area contributed by atoms with Crippen LogP contribution in [0.1, 0.15) is 24.0 Å². The summed E-state index contributed by atoms with van der Waals surface area (Å²) in [6, 6.07) is 17.3. The third kappa shape index (κ3) is 4.27. The molecular formula is C24H17I2N3O3S. The highest BCUT2D eigenvalue weighted by molar-refractivity contribution is 14.1. The Balaban J connectivity index is 2.14. The van der Waals surface area contributed by atoms with Crippen LogP contribution in [0.5, 0.6) is 0 Å². The fourth-order valence-electron chi connectivity index (χ4n) is 3.71. The van der Waals surface area contributed by atoms with Gasteiger partial charge in [0.25, 0.3) is 5.56 Å². The zero-order valence-electron chi connectivity index (χ0n) is 17.3. The molecule has 0 bridgehead atoms. The van der Waals surface area contributed by atoms with Crippen molar-refractivity contribution in [3.05, 3.63) is 91.9 Å². The average molecular weight is 681 g/mol. The predicted octanol–water partition coefficient (Wildman–Crippen LogP) is 3.11. The monoisotopic (exact) mass is 681 g/mol. The number of esters is 1. The van der Waals surface area contributed by atoms with Gasteiger partial charge in [0, 0.05) is 7.14 Å². The molecule has 2 aromatic carbocycles. The van der Waals surface area contributed by atoms with Gasteiger partial charge in [0.15, 0.2) is 0 Å². The number of hydrogen-bond acceptors (Lipinski definition) is 6. The molecule has 0 spiro atoms. The first-order chi connectivity index (χ1) is 15.9. The van der Waals surface area contributed by atoms with Gasteiger partial charge in [-0.15, -0.1) is 11.3 Å². The summed E-state index contributed by atoms with van der Waals surface area (Å²) < 4.78 is 9.30. The molecule has 0 aliphatic carbocycles. The smallest absolute Gasteiger partial charge is 0.338 e. The Bertz CT molecular complexity index is 1530. The summed E-state index contributed by atoms with van der Waals surface area (Å²) in [5, 5.41) is 10.0. The van der Waals surface area contributed by atoms with Crippen LogP contribution in [0.4, 0.5) is 0 Å². The second kappa shape index (κ2) is 9.82. The van der Waals surface area contributed by atoms with E-state index in [9.17, 15) is 14.9 Å². The van der Waals surface area contributed by atoms with Crippen LogP contribution in [0.25, 0.3) is 17.5 Å². The molecule has 0 amide bonds. The minimum absolute atomic E-state index is 0.0360. The van der Waals surface area contributed by atoms with Crippen LogP contribution in [-0.2, 0) is 9.53 Å². The maximum absolute atomic E-state index is 13.4. The number of hydrogen-bond donors (Lipinski definition) is 1. The number of carbonyl (C=O) groups excluding carboxylic acids is 1. The molecule has 1 atom stereocenters. The van der Waals surface area contributed by atoms with Crippen molar-refractivity contribution in [2.24, 2.45) is 5.73 Å². The van der Waals surface area contributed by atoms with Crippen LogP contribution >= 0.6 is 56.5 Å². The Labute approximate surface area is 221 Å². The zero-order chi connectivity index (χ0) is 23.7. The number of nitrogens with two attached hydrogens (primary N) is 1. The van der Waals surface area contributed by atoms with Gasteiger partial charge in [0.1, 0.15) is 10.5 Å². The second-order valence-electron chi connectivity index (χ2n) is 7.08. The lowest BCUT2D eigenvalue weighted by Crippen LogP contribution is -2.40. The molecule has 2 N–H and O–H groups in total. The lowest BCUT2D eigenvalue weighted by Gasteiger charge is -2.25. The van der Waals surface area contributed by atoms with Crippen molar-refractivity contribution < 1.29 is 9.53 Å². The molecule has 1 aliphatic rings. The largest absolute Gasteiger partial charge is 0.463 e. The molecule has 0 fully saturated rings. The molecule has 166 valence electrons. The van der Waals surface area contributed by atoms with E-state index in [0.29, 0.717) is 9.20 Å². The number of nitrogens with zero attached hydrogens (tertiary/aromatic N) is 2. The third-order valence-electron chi connectivity index (χ3n) is 5.17. The van der Waals surface area contributed by atoms with Crippen LogP contribution in [-0.4, -0.2) is 17.1 Å². The van der Waals surface area contributed by atoms with E-state index in [0.717, 1.165) is 18.3 Å². The number of carbonyl (C=O) groups is 1. The summed E-state index contributed by atoms with van der Waals surface area (Å²) >= 11 is 5.55. The molecule has 1 aromatic heterocycles. The van der Waals surface area contributed by atoms with Crippen molar-refractivity contribution in [1.82, 2.24) is 4.57 Å². The highest BCUT2D eigenvalue weighted by atomic mass is 127. The molecule has 2 heterocycles. The van der Waals surface area contributed by atoms with E-state index in [1.165, 1.54) is 15.9 Å². The van der Waals surface area contributed by atoms with E-state index in [1.807, 2.05) is 48.5 Å². The molecule has 1 aliphatic heterocycles. The normalized spacial score (nSPS) is 15.9. The van der Waals surface area contributed by atoms with Crippen molar-refractivity contribution in [2.75, 3.05) is 6.61 Å². The molecule has 33 heavy (non-hydrogen) atoms. The van der Waals surface area contributed by atoms with Crippen LogP contribution in [0, 0.1) is 18.5 Å². The number of halogens is 2. The van der Waals surface area contributed by atoms with Gasteiger partial charge in [-0.1, -0.05) is 36.4 Å². The van der Waals surface area contributed by atoms with E-state index in [1.54, 1.807) is 13.0 Å². The van der Waals surface area contributed by atoms with Gasteiger partial charge in [-0.05, 0) is 81.4 Å². The SMILES string of the molecule is CCOC(=O)C1=c2s/c(=C/c3ccccc3I)c(=O)n2C(N)=C(C#N)C1c1ccccc1I. The maximum atomic E-state index is 13.4. The van der Waals surface area contributed by atoms with Crippen LogP contribution in [0.2, 0.25) is 0 Å². The molecule has 0 saturated heterocycles. The van der Waals surface area contributed by atoms with Gasteiger partial charge in [-0.2, -0.15) is 5.26 Å². The van der Waals surface area contributed by atoms with Crippen molar-refractivity contribution in [3.63, 3.8) is 0 Å². The van der Waals surface area contributed by atoms with E-state index < -0.39 is 11.9 Å². The summed E-state index contributed by atoms with van der Waals surface area (Å²) in [7, 11) is 0. The Kier molecular flexibility index (Phi) is 7.06. The first-order valence-electron chi connectivity index (χ1n) is 9.93. The number of rotatable bonds is 4. The van der Waals surface area contributed by atoms with Gasteiger partial charge in [-0.3, -0.25) is 9.36 Å². The molecular weight excluding hydrogens is 664 g/mol. The van der Waals surface area contributed by atoms with Gasteiger partial charge < -0.3 is 10.5 Å². The summed E-state index contributed by atoms with van der Waals surface area (Å²) in [5.41, 5.74) is 8.06. The van der Waals surface area contributed by atoms with Gasteiger partial charge in [0.2, 0.25) is 0 Å². The molecule has 4 rings (SSSR count). The Morgan fingerprint density at radius 2 is 1.88 bits per heavy atom. The first-order valence-corrected chi connectivity index (χ1v) is 12.9. The molecule has 9 heteroatoms. The van der Waals surface area contributed by atoms with Gasteiger partial charge in [0.05, 0.1) is 34.3 Å². The highest BCUT2D eigenvalue weighted by Crippen LogP contribution is 2.38. The number of fused-ring (bicyclic) bond motifs is 1. The van der Waals surface area contributed by atoms with Crippen molar-refractivity contribution in [1.29, 1.82) is 5.26 Å². The van der Waals surface area contributed by atoms with Crippen LogP contribution in [0.3, 0.4) is 0 Å². The third-order valence-corrected chi connectivity index (χ3v) is 8.25. The van der Waals surface area contributed by atoms with Crippen molar-refractivity contribution in [3.8, 4) is 6.07 Å². The number of allylic oxidation sites excluding steroid dienone is 1. The van der Waals surface area contributed by atoms with E-state index in [-0.39, 0.29) is 29.1 Å². The second-order valence-corrected chi connectivity index (χ2v) is 10.4. The van der Waals surface area contributed by atoms with Crippen LogP contribution < -0.4 is 20.5 Å². The lowest BCUT2D eigenvalue weighted by molar-refractivity contribution is -0.136. The minimum Gasteiger partial charge on any atom is -0.463 e. The standard InChI is InChI=1S/C24H17I2N3O3S/c1-2-32-24(31)20-19(14-8-4-6-10-17(14)26)15(12-27)21(28)29-22(30)18(33-23(20)29)11-13-7-3-5-9-16(13)25/h3-11,19H,2,28H2,1H3/b18-11+. The van der Waals surface area contributed by atoms with E-state index >= 15 is 0 Å². The quantitative estimate of drug-likeness (QED) is 0.338. The molecule has 1 unspecified atom stereocenters. The summed E-state index contributed by atoms with van der Waals surface area (Å²) in [6.07, 6.45) is 1.78. The Morgan fingerprint density at radius 1 is 1.21 bits per heavy atom. The average Bonchev–Trinajstić information content (AvgIpc) is 3.11. The molecule has 3 aromatic rings. The Morgan fingerprint density at radius 3 is 2.52 bits per heavy atom. The number of nitriles is 1. The van der Waals surface area contributed by atoms with Gasteiger partial charge in [-0.25, -0.2) is 4.79 Å². The topological polar surface area (TPSA) is 98.1 Å². The minimum atomic E-state index is -0.732. The number of aromatic nitrogens is 1. The number of thiazole rings is 1. The lowest BCUT2D eigenvalue weighted by atomic mass is 9.84. The summed E-state index contributed by atoms with van der Waals surface area (Å²) in [6.45, 7) is 1.88.